The Bertz CT molecular complexity index is 574. The fourth-order valence-corrected chi connectivity index (χ4v) is 1.25. The van der Waals surface area contributed by atoms with Crippen molar-refractivity contribution in [3.8, 4) is 5.75 Å². The fourth-order valence-electron chi connectivity index (χ4n) is 1.25. The number of rotatable bonds is 2. The maximum atomic E-state index is 12.0. The summed E-state index contributed by atoms with van der Waals surface area (Å²) in [4.78, 5) is 14.7. The molecule has 0 spiro atoms. The molecule has 0 amide bonds. The van der Waals surface area contributed by atoms with Crippen molar-refractivity contribution in [3.05, 3.63) is 24.1 Å². The molecule has 0 aliphatic rings. The van der Waals surface area contributed by atoms with Crippen LogP contribution in [0.15, 0.2) is 22.6 Å². The molecule has 0 unspecified atom stereocenters. The van der Waals surface area contributed by atoms with Crippen molar-refractivity contribution in [1.82, 2.24) is 4.98 Å². The average molecular weight is 245 g/mol. The molecule has 0 aliphatic heterocycles. The molecule has 1 heterocycles. The van der Waals surface area contributed by atoms with Crippen LogP contribution in [-0.2, 0) is 0 Å². The Morgan fingerprint density at radius 2 is 2.12 bits per heavy atom. The lowest BCUT2D eigenvalue weighted by Gasteiger charge is -2.07. The lowest BCUT2D eigenvalue weighted by molar-refractivity contribution is -0.274. The normalized spacial score (nSPS) is 11.8. The maximum absolute atomic E-state index is 12.0. The summed E-state index contributed by atoms with van der Waals surface area (Å²) in [7, 11) is 0. The number of carbonyl (C=O) groups excluding carboxylic acids is 1. The largest absolute Gasteiger partial charge is 0.573 e. The molecule has 17 heavy (non-hydrogen) atoms. The van der Waals surface area contributed by atoms with Crippen molar-refractivity contribution in [2.45, 2.75) is 13.3 Å². The predicted octanol–water partition coefficient (Wildman–Crippen LogP) is 2.93. The van der Waals surface area contributed by atoms with E-state index in [4.69, 9.17) is 4.42 Å². The highest BCUT2D eigenvalue weighted by molar-refractivity contribution is 5.92. The van der Waals surface area contributed by atoms with Gasteiger partial charge in [-0.2, -0.15) is 0 Å². The Labute approximate surface area is 93.0 Å². The monoisotopic (exact) mass is 245 g/mol. The van der Waals surface area contributed by atoms with Crippen LogP contribution in [-0.4, -0.2) is 17.1 Å². The first-order valence-corrected chi connectivity index (χ1v) is 4.52. The Balaban J connectivity index is 2.40. The van der Waals surface area contributed by atoms with Crippen LogP contribution in [0.5, 0.6) is 5.75 Å². The first-order chi connectivity index (χ1) is 7.85. The lowest BCUT2D eigenvalue weighted by atomic mass is 10.3. The number of oxazole rings is 1. The van der Waals surface area contributed by atoms with Gasteiger partial charge in [0.1, 0.15) is 11.3 Å². The molecule has 90 valence electrons. The number of fused-ring (bicyclic) bond motifs is 1. The highest BCUT2D eigenvalue weighted by Crippen LogP contribution is 2.26. The molecule has 0 N–H and O–H groups in total. The Morgan fingerprint density at radius 1 is 1.41 bits per heavy atom. The van der Waals surface area contributed by atoms with Gasteiger partial charge in [0.15, 0.2) is 5.58 Å². The van der Waals surface area contributed by atoms with E-state index < -0.39 is 17.9 Å². The summed E-state index contributed by atoms with van der Waals surface area (Å²) >= 11 is 0. The number of halogens is 3. The van der Waals surface area contributed by atoms with Crippen molar-refractivity contribution < 1.29 is 27.1 Å². The van der Waals surface area contributed by atoms with E-state index in [-0.39, 0.29) is 17.0 Å². The zero-order valence-electron chi connectivity index (χ0n) is 8.54. The Hall–Kier alpha value is -2.05. The van der Waals surface area contributed by atoms with Crippen molar-refractivity contribution in [3.63, 3.8) is 0 Å². The zero-order chi connectivity index (χ0) is 12.6. The molecule has 2 rings (SSSR count). The van der Waals surface area contributed by atoms with E-state index in [1.165, 1.54) is 13.0 Å². The van der Waals surface area contributed by atoms with Crippen LogP contribution < -0.4 is 4.74 Å². The molecule has 1 aromatic carbocycles. The summed E-state index contributed by atoms with van der Waals surface area (Å²) in [6.07, 6.45) is -4.76. The summed E-state index contributed by atoms with van der Waals surface area (Å²) in [6, 6.07) is 3.40. The van der Waals surface area contributed by atoms with Crippen LogP contribution in [0.3, 0.4) is 0 Å². The van der Waals surface area contributed by atoms with Gasteiger partial charge in [-0.3, -0.25) is 4.79 Å². The van der Waals surface area contributed by atoms with Gasteiger partial charge < -0.3 is 9.15 Å². The second kappa shape index (κ2) is 3.76. The number of hydrogen-bond donors (Lipinski definition) is 0. The lowest BCUT2D eigenvalue weighted by Crippen LogP contribution is -2.16. The first-order valence-electron chi connectivity index (χ1n) is 4.52. The summed E-state index contributed by atoms with van der Waals surface area (Å²) in [5.74, 6) is -0.961. The molecule has 0 atom stereocenters. The van der Waals surface area contributed by atoms with Crippen LogP contribution in [0.1, 0.15) is 17.6 Å². The van der Waals surface area contributed by atoms with E-state index in [9.17, 15) is 18.0 Å². The van der Waals surface area contributed by atoms with Gasteiger partial charge in [0.25, 0.3) is 5.89 Å². The van der Waals surface area contributed by atoms with Gasteiger partial charge >= 0.3 is 6.36 Å². The molecule has 0 fully saturated rings. The van der Waals surface area contributed by atoms with E-state index in [2.05, 4.69) is 9.72 Å². The van der Waals surface area contributed by atoms with Gasteiger partial charge in [-0.1, -0.05) is 0 Å². The molecule has 2 aromatic rings. The quantitative estimate of drug-likeness (QED) is 0.763. The van der Waals surface area contributed by atoms with E-state index >= 15 is 0 Å². The van der Waals surface area contributed by atoms with Crippen LogP contribution in [0, 0.1) is 0 Å². The Morgan fingerprint density at radius 3 is 2.71 bits per heavy atom. The van der Waals surface area contributed by atoms with Crippen LogP contribution in [0.25, 0.3) is 11.1 Å². The third-order valence-corrected chi connectivity index (χ3v) is 1.89. The molecule has 1 aromatic heterocycles. The maximum Gasteiger partial charge on any atom is 0.573 e. The van der Waals surface area contributed by atoms with E-state index in [1.54, 1.807) is 0 Å². The topological polar surface area (TPSA) is 52.3 Å². The second-order valence-corrected chi connectivity index (χ2v) is 3.25. The van der Waals surface area contributed by atoms with Crippen molar-refractivity contribution >= 4 is 16.9 Å². The zero-order valence-corrected chi connectivity index (χ0v) is 8.54. The number of Topliss-reactive ketones (excluding diaryl/α,β-unsaturated/α-hetero) is 1. The van der Waals surface area contributed by atoms with Gasteiger partial charge in [-0.15, -0.1) is 13.2 Å². The molecule has 0 saturated carbocycles. The predicted molar refractivity (Wildman–Crippen MR) is 50.7 cm³/mol. The molecule has 7 heteroatoms. The van der Waals surface area contributed by atoms with E-state index in [0.29, 0.717) is 0 Å². The second-order valence-electron chi connectivity index (χ2n) is 3.25. The summed E-state index contributed by atoms with van der Waals surface area (Å²) in [6.45, 7) is 1.25. The smallest absolute Gasteiger partial charge is 0.434 e. The standard InChI is InChI=1S/C10H6F3NO3/c1-5(15)9-14-7-4-6(17-10(11,12)13)2-3-8(7)16-9/h2-4H,1H3. The molecular weight excluding hydrogens is 239 g/mol. The summed E-state index contributed by atoms with van der Waals surface area (Å²) < 4.78 is 44.6. The van der Waals surface area contributed by atoms with Crippen molar-refractivity contribution in [2.75, 3.05) is 0 Å². The highest BCUT2D eigenvalue weighted by Gasteiger charge is 2.31. The Kier molecular flexibility index (Phi) is 2.53. The third kappa shape index (κ3) is 2.55. The third-order valence-electron chi connectivity index (χ3n) is 1.89. The number of ketones is 1. The molecule has 0 bridgehead atoms. The summed E-state index contributed by atoms with van der Waals surface area (Å²) in [5.41, 5.74) is 0.363. The average Bonchev–Trinajstić information content (AvgIpc) is 2.57. The minimum Gasteiger partial charge on any atom is -0.434 e. The molecular formula is C10H6F3NO3. The van der Waals surface area contributed by atoms with Gasteiger partial charge in [-0.05, 0) is 12.1 Å². The number of ether oxygens (including phenoxy) is 1. The van der Waals surface area contributed by atoms with Crippen LogP contribution in [0.2, 0.25) is 0 Å². The number of alkyl halides is 3. The molecule has 0 saturated heterocycles. The van der Waals surface area contributed by atoms with Gasteiger partial charge in [0.2, 0.25) is 5.78 Å². The van der Waals surface area contributed by atoms with Gasteiger partial charge in [0, 0.05) is 13.0 Å². The number of nitrogens with zero attached hydrogens (tertiary/aromatic N) is 1. The van der Waals surface area contributed by atoms with Crippen molar-refractivity contribution in [1.29, 1.82) is 0 Å². The highest BCUT2D eigenvalue weighted by atomic mass is 19.4. The molecule has 0 radical (unpaired) electrons. The number of aromatic nitrogens is 1. The van der Waals surface area contributed by atoms with Crippen LogP contribution >= 0.6 is 0 Å². The number of carbonyl (C=O) groups is 1. The van der Waals surface area contributed by atoms with Gasteiger partial charge in [0.05, 0.1) is 0 Å². The SMILES string of the molecule is CC(=O)c1nc2cc(OC(F)(F)F)ccc2o1. The minimum atomic E-state index is -4.76. The fraction of sp³-hybridized carbons (Fsp3) is 0.200. The number of hydrogen-bond acceptors (Lipinski definition) is 4. The molecule has 4 nitrogen and oxygen atoms in total. The van der Waals surface area contributed by atoms with Crippen molar-refractivity contribution in [2.24, 2.45) is 0 Å². The van der Waals surface area contributed by atoms with E-state index in [0.717, 1.165) is 12.1 Å². The summed E-state index contributed by atoms with van der Waals surface area (Å²) in [5, 5.41) is 0. The number of benzene rings is 1. The minimum absolute atomic E-state index is 0.136. The molecule has 0 aliphatic carbocycles. The van der Waals surface area contributed by atoms with E-state index in [1.807, 2.05) is 0 Å². The first kappa shape index (κ1) is 11.4. The van der Waals surface area contributed by atoms with Gasteiger partial charge in [-0.25, -0.2) is 4.98 Å². The van der Waals surface area contributed by atoms with Crippen LogP contribution in [0.4, 0.5) is 13.2 Å².